The fourth-order valence-corrected chi connectivity index (χ4v) is 1.75. The lowest BCUT2D eigenvalue weighted by atomic mass is 9.91. The minimum atomic E-state index is 0.102. The lowest BCUT2D eigenvalue weighted by Crippen LogP contribution is -2.50. The fourth-order valence-electron chi connectivity index (χ4n) is 1.31. The van der Waals surface area contributed by atoms with E-state index in [0.29, 0.717) is 5.92 Å². The predicted molar refractivity (Wildman–Crippen MR) is 49.6 cm³/mol. The highest BCUT2D eigenvalue weighted by Gasteiger charge is 2.40. The Morgan fingerprint density at radius 1 is 1.50 bits per heavy atom. The Balaban J connectivity index is 2.17. The van der Waals surface area contributed by atoms with Crippen LogP contribution in [0.4, 0.5) is 0 Å². The van der Waals surface area contributed by atoms with Gasteiger partial charge >= 0.3 is 0 Å². The van der Waals surface area contributed by atoms with Gasteiger partial charge in [-0.25, -0.2) is 0 Å². The quantitative estimate of drug-likeness (QED) is 0.635. The molecule has 0 aromatic carbocycles. The lowest BCUT2D eigenvalue weighted by molar-refractivity contribution is -0.115. The number of methoxy groups -OCH3 is 1. The van der Waals surface area contributed by atoms with Gasteiger partial charge in [-0.3, -0.25) is 0 Å². The van der Waals surface area contributed by atoms with E-state index in [0.717, 1.165) is 13.0 Å². The van der Waals surface area contributed by atoms with Crippen molar-refractivity contribution in [1.82, 2.24) is 0 Å². The minimum absolute atomic E-state index is 0.102. The van der Waals surface area contributed by atoms with Gasteiger partial charge in [-0.05, 0) is 12.3 Å². The van der Waals surface area contributed by atoms with Crippen molar-refractivity contribution in [2.45, 2.75) is 37.9 Å². The van der Waals surface area contributed by atoms with E-state index in [9.17, 15) is 0 Å². The number of hydrogen-bond acceptors (Lipinski definition) is 2. The van der Waals surface area contributed by atoms with E-state index in [4.69, 9.17) is 21.1 Å². The van der Waals surface area contributed by atoms with Crippen molar-refractivity contribution >= 4 is 11.6 Å². The Hall–Kier alpha value is 0.210. The molecule has 1 rings (SSSR count). The summed E-state index contributed by atoms with van der Waals surface area (Å²) >= 11 is 5.92. The van der Waals surface area contributed by atoms with Crippen LogP contribution in [0.25, 0.3) is 0 Å². The van der Waals surface area contributed by atoms with Crippen molar-refractivity contribution < 1.29 is 9.47 Å². The van der Waals surface area contributed by atoms with Crippen molar-refractivity contribution in [3.63, 3.8) is 0 Å². The summed E-state index contributed by atoms with van der Waals surface area (Å²) in [5, 5.41) is 0.146. The second-order valence-electron chi connectivity index (χ2n) is 3.72. The van der Waals surface area contributed by atoms with Gasteiger partial charge in [0.25, 0.3) is 0 Å². The Morgan fingerprint density at radius 2 is 2.17 bits per heavy atom. The zero-order valence-corrected chi connectivity index (χ0v) is 8.67. The molecule has 0 aliphatic heterocycles. The number of ether oxygens (including phenoxy) is 2. The molecular weight excluding hydrogens is 176 g/mol. The molecule has 0 aromatic heterocycles. The molecule has 1 saturated carbocycles. The molecule has 0 bridgehead atoms. The van der Waals surface area contributed by atoms with E-state index < -0.39 is 0 Å². The van der Waals surface area contributed by atoms with Crippen LogP contribution < -0.4 is 0 Å². The second kappa shape index (κ2) is 4.45. The summed E-state index contributed by atoms with van der Waals surface area (Å²) in [6.07, 6.45) is 1.25. The van der Waals surface area contributed by atoms with Crippen LogP contribution in [0.15, 0.2) is 0 Å². The summed E-state index contributed by atoms with van der Waals surface area (Å²) in [4.78, 5) is 0. The van der Waals surface area contributed by atoms with Gasteiger partial charge in [0.15, 0.2) is 0 Å². The van der Waals surface area contributed by atoms with Crippen LogP contribution in [-0.4, -0.2) is 31.3 Å². The number of halogens is 1. The van der Waals surface area contributed by atoms with E-state index in [1.165, 1.54) is 0 Å². The van der Waals surface area contributed by atoms with Crippen molar-refractivity contribution in [3.8, 4) is 0 Å². The van der Waals surface area contributed by atoms with Gasteiger partial charge in [-0.1, -0.05) is 13.8 Å². The van der Waals surface area contributed by atoms with Gasteiger partial charge in [0.1, 0.15) is 0 Å². The Bertz CT molecular complexity index is 138. The van der Waals surface area contributed by atoms with E-state index >= 15 is 0 Å². The molecule has 3 unspecified atom stereocenters. The highest BCUT2D eigenvalue weighted by molar-refractivity contribution is 6.21. The lowest BCUT2D eigenvalue weighted by Gasteiger charge is -2.39. The van der Waals surface area contributed by atoms with Crippen LogP contribution in [-0.2, 0) is 9.47 Å². The topological polar surface area (TPSA) is 18.5 Å². The van der Waals surface area contributed by atoms with E-state index in [1.54, 1.807) is 7.11 Å². The predicted octanol–water partition coefficient (Wildman–Crippen LogP) is 2.05. The van der Waals surface area contributed by atoms with Crippen molar-refractivity contribution in [3.05, 3.63) is 0 Å². The summed E-state index contributed by atoms with van der Waals surface area (Å²) in [5.74, 6) is 0.580. The number of rotatable bonds is 4. The van der Waals surface area contributed by atoms with Crippen LogP contribution in [0.2, 0.25) is 0 Å². The van der Waals surface area contributed by atoms with Crippen LogP contribution in [0.1, 0.15) is 20.3 Å². The molecule has 1 fully saturated rings. The molecule has 72 valence electrons. The first-order valence-corrected chi connectivity index (χ1v) is 4.87. The number of alkyl halides is 1. The number of hydrogen-bond donors (Lipinski definition) is 0. The summed E-state index contributed by atoms with van der Waals surface area (Å²) < 4.78 is 10.8. The van der Waals surface area contributed by atoms with Crippen LogP contribution >= 0.6 is 11.6 Å². The summed E-state index contributed by atoms with van der Waals surface area (Å²) in [5.41, 5.74) is 0. The standard InChI is InChI=1S/C9H17ClO2/c1-6(2)5-12-8-4-7(10)9(8)11-3/h6-9H,4-5H2,1-3H3. The maximum absolute atomic E-state index is 5.92. The van der Waals surface area contributed by atoms with Crippen molar-refractivity contribution in [2.24, 2.45) is 5.92 Å². The molecule has 0 N–H and O–H groups in total. The third-order valence-electron chi connectivity index (χ3n) is 2.10. The molecule has 0 spiro atoms. The van der Waals surface area contributed by atoms with Crippen LogP contribution in [0.5, 0.6) is 0 Å². The summed E-state index contributed by atoms with van der Waals surface area (Å²) in [6.45, 7) is 5.07. The Kier molecular flexibility index (Phi) is 3.81. The highest BCUT2D eigenvalue weighted by atomic mass is 35.5. The SMILES string of the molecule is COC1C(Cl)CC1OCC(C)C. The molecule has 1 aliphatic rings. The molecule has 0 heterocycles. The van der Waals surface area contributed by atoms with Gasteiger partial charge in [0.05, 0.1) is 17.6 Å². The average Bonchev–Trinajstić information content (AvgIpc) is 1.97. The third kappa shape index (κ3) is 2.35. The molecule has 12 heavy (non-hydrogen) atoms. The highest BCUT2D eigenvalue weighted by Crippen LogP contribution is 2.31. The maximum atomic E-state index is 5.92. The first kappa shape index (κ1) is 10.3. The Labute approximate surface area is 79.2 Å². The zero-order valence-electron chi connectivity index (χ0n) is 7.92. The molecule has 0 aromatic rings. The minimum Gasteiger partial charge on any atom is -0.377 e. The first-order chi connectivity index (χ1) is 5.65. The zero-order chi connectivity index (χ0) is 9.14. The second-order valence-corrected chi connectivity index (χ2v) is 4.28. The maximum Gasteiger partial charge on any atom is 0.0997 e. The molecule has 0 radical (unpaired) electrons. The molecule has 1 aliphatic carbocycles. The van der Waals surface area contributed by atoms with E-state index in [-0.39, 0.29) is 17.6 Å². The largest absolute Gasteiger partial charge is 0.377 e. The van der Waals surface area contributed by atoms with Crippen molar-refractivity contribution in [2.75, 3.05) is 13.7 Å². The van der Waals surface area contributed by atoms with Crippen LogP contribution in [0, 0.1) is 5.92 Å². The van der Waals surface area contributed by atoms with Crippen LogP contribution in [0.3, 0.4) is 0 Å². The van der Waals surface area contributed by atoms with E-state index in [1.807, 2.05) is 0 Å². The van der Waals surface area contributed by atoms with Gasteiger partial charge in [-0.15, -0.1) is 11.6 Å². The Morgan fingerprint density at radius 3 is 2.58 bits per heavy atom. The first-order valence-electron chi connectivity index (χ1n) is 4.43. The molecule has 3 heteroatoms. The summed E-state index contributed by atoms with van der Waals surface area (Å²) in [6, 6.07) is 0. The summed E-state index contributed by atoms with van der Waals surface area (Å²) in [7, 11) is 1.69. The average molecular weight is 193 g/mol. The molecule has 2 nitrogen and oxygen atoms in total. The van der Waals surface area contributed by atoms with E-state index in [2.05, 4.69) is 13.8 Å². The molecular formula is C9H17ClO2. The monoisotopic (exact) mass is 192 g/mol. The van der Waals surface area contributed by atoms with Gasteiger partial charge < -0.3 is 9.47 Å². The normalized spacial score (nSPS) is 35.2. The van der Waals surface area contributed by atoms with Crippen molar-refractivity contribution in [1.29, 1.82) is 0 Å². The molecule has 3 atom stereocenters. The molecule has 0 saturated heterocycles. The van der Waals surface area contributed by atoms with Gasteiger partial charge in [-0.2, -0.15) is 0 Å². The molecule has 0 amide bonds. The smallest absolute Gasteiger partial charge is 0.0997 e. The van der Waals surface area contributed by atoms with Gasteiger partial charge in [0, 0.05) is 13.7 Å². The third-order valence-corrected chi connectivity index (χ3v) is 2.52. The fraction of sp³-hybridized carbons (Fsp3) is 1.00. The van der Waals surface area contributed by atoms with Gasteiger partial charge in [0.2, 0.25) is 0 Å².